The predicted molar refractivity (Wildman–Crippen MR) is 78.1 cm³/mol. The third-order valence-corrected chi connectivity index (χ3v) is 3.18. The number of carbonyl (C=O) groups excluding carboxylic acids is 1. The van der Waals surface area contributed by atoms with Gasteiger partial charge in [0.05, 0.1) is 18.7 Å². The molecule has 0 unspecified atom stereocenters. The summed E-state index contributed by atoms with van der Waals surface area (Å²) in [7, 11) is 1.39. The quantitative estimate of drug-likeness (QED) is 0.931. The Morgan fingerprint density at radius 1 is 1.29 bits per heavy atom. The van der Waals surface area contributed by atoms with Gasteiger partial charge >= 0.3 is 6.18 Å². The average Bonchev–Trinajstić information content (AvgIpc) is 2.58. The van der Waals surface area contributed by atoms with Crippen molar-refractivity contribution in [1.29, 1.82) is 5.26 Å². The number of hydrogen-bond acceptors (Lipinski definition) is 4. The number of para-hydroxylation sites is 1. The lowest BCUT2D eigenvalue weighted by Gasteiger charge is -2.16. The van der Waals surface area contributed by atoms with Crippen molar-refractivity contribution in [2.45, 2.75) is 12.2 Å². The lowest BCUT2D eigenvalue weighted by Crippen LogP contribution is -2.30. The summed E-state index contributed by atoms with van der Waals surface area (Å²) in [4.78, 5) is 15.4. The Kier molecular flexibility index (Phi) is 5.04. The molecule has 1 aromatic carbocycles. The van der Waals surface area contributed by atoms with E-state index >= 15 is 0 Å². The van der Waals surface area contributed by atoms with E-state index in [0.717, 1.165) is 12.3 Å². The van der Waals surface area contributed by atoms with Gasteiger partial charge in [-0.1, -0.05) is 18.2 Å². The largest absolute Gasteiger partial charge is 0.496 e. The fourth-order valence-corrected chi connectivity index (χ4v) is 2.11. The van der Waals surface area contributed by atoms with Crippen LogP contribution in [0.4, 0.5) is 13.2 Å². The maximum absolute atomic E-state index is 12.9. The second kappa shape index (κ2) is 7.00. The molecule has 0 radical (unpaired) electrons. The molecule has 0 saturated heterocycles. The van der Waals surface area contributed by atoms with Gasteiger partial charge in [0.15, 0.2) is 5.69 Å². The fourth-order valence-electron chi connectivity index (χ4n) is 2.11. The van der Waals surface area contributed by atoms with Crippen LogP contribution in [-0.2, 0) is 6.18 Å². The van der Waals surface area contributed by atoms with Crippen molar-refractivity contribution in [3.05, 3.63) is 59.4 Å². The highest BCUT2D eigenvalue weighted by Gasteiger charge is 2.37. The molecule has 1 aromatic heterocycles. The molecule has 0 aliphatic heterocycles. The molecule has 8 heteroatoms. The Hall–Kier alpha value is -3.08. The number of amides is 1. The molecule has 2 aromatic rings. The van der Waals surface area contributed by atoms with Crippen molar-refractivity contribution < 1.29 is 22.7 Å². The van der Waals surface area contributed by atoms with Gasteiger partial charge in [-0.25, -0.2) is 0 Å². The third kappa shape index (κ3) is 3.63. The molecule has 124 valence electrons. The molecule has 0 aliphatic rings. The van der Waals surface area contributed by atoms with Crippen molar-refractivity contribution in [2.24, 2.45) is 0 Å². The summed E-state index contributed by atoms with van der Waals surface area (Å²) in [6.07, 6.45) is -3.83. The molecule has 5 nitrogen and oxygen atoms in total. The molecular formula is C16H12F3N3O2. The fraction of sp³-hybridized carbons (Fsp3) is 0.188. The van der Waals surface area contributed by atoms with E-state index in [-0.39, 0.29) is 0 Å². The van der Waals surface area contributed by atoms with E-state index in [2.05, 4.69) is 10.3 Å². The van der Waals surface area contributed by atoms with Gasteiger partial charge in [-0.2, -0.15) is 18.4 Å². The Bertz CT molecular complexity index is 785. The molecule has 1 atom stereocenters. The SMILES string of the molecule is COc1ccccc1[C@@H](C#N)NC(=O)c1cccnc1C(F)(F)F. The highest BCUT2D eigenvalue weighted by atomic mass is 19.4. The zero-order chi connectivity index (χ0) is 17.7. The van der Waals surface area contributed by atoms with Gasteiger partial charge in [0.2, 0.25) is 0 Å². The Labute approximate surface area is 135 Å². The number of halogens is 3. The van der Waals surface area contributed by atoms with Gasteiger partial charge in [-0.3, -0.25) is 9.78 Å². The van der Waals surface area contributed by atoms with Gasteiger partial charge in [0.1, 0.15) is 11.8 Å². The minimum Gasteiger partial charge on any atom is -0.496 e. The molecule has 0 spiro atoms. The number of benzene rings is 1. The summed E-state index contributed by atoms with van der Waals surface area (Å²) in [5, 5.41) is 11.5. The summed E-state index contributed by atoms with van der Waals surface area (Å²) < 4.78 is 43.9. The van der Waals surface area contributed by atoms with Crippen LogP contribution in [0.2, 0.25) is 0 Å². The number of rotatable bonds is 4. The molecule has 0 bridgehead atoms. The van der Waals surface area contributed by atoms with Crippen LogP contribution < -0.4 is 10.1 Å². The molecule has 0 fully saturated rings. The number of nitrogens with zero attached hydrogens (tertiary/aromatic N) is 2. The van der Waals surface area contributed by atoms with Crippen LogP contribution in [0.15, 0.2) is 42.6 Å². The van der Waals surface area contributed by atoms with Gasteiger partial charge in [0, 0.05) is 11.8 Å². The third-order valence-electron chi connectivity index (χ3n) is 3.18. The van der Waals surface area contributed by atoms with E-state index in [0.29, 0.717) is 11.3 Å². The van der Waals surface area contributed by atoms with E-state index in [1.54, 1.807) is 24.3 Å². The van der Waals surface area contributed by atoms with Crippen molar-refractivity contribution in [3.8, 4) is 11.8 Å². The Balaban J connectivity index is 2.34. The number of nitrogens with one attached hydrogen (secondary N) is 1. The van der Waals surface area contributed by atoms with Crippen molar-refractivity contribution in [1.82, 2.24) is 10.3 Å². The summed E-state index contributed by atoms with van der Waals surface area (Å²) in [6.45, 7) is 0. The minimum absolute atomic E-state index is 0.339. The number of pyridine rings is 1. The Morgan fingerprint density at radius 2 is 2.00 bits per heavy atom. The topological polar surface area (TPSA) is 75.0 Å². The van der Waals surface area contributed by atoms with E-state index in [4.69, 9.17) is 4.74 Å². The first-order valence-electron chi connectivity index (χ1n) is 6.74. The lowest BCUT2D eigenvalue weighted by atomic mass is 10.1. The molecule has 24 heavy (non-hydrogen) atoms. The first kappa shape index (κ1) is 17.3. The average molecular weight is 335 g/mol. The van der Waals surface area contributed by atoms with Gasteiger partial charge in [-0.15, -0.1) is 0 Å². The van der Waals surface area contributed by atoms with E-state index < -0.39 is 29.4 Å². The monoisotopic (exact) mass is 335 g/mol. The molecule has 2 rings (SSSR count). The van der Waals surface area contributed by atoms with Gasteiger partial charge in [0.25, 0.3) is 5.91 Å². The zero-order valence-corrected chi connectivity index (χ0v) is 12.5. The number of ether oxygens (including phenoxy) is 1. The lowest BCUT2D eigenvalue weighted by molar-refractivity contribution is -0.141. The van der Waals surface area contributed by atoms with Crippen molar-refractivity contribution in [3.63, 3.8) is 0 Å². The van der Waals surface area contributed by atoms with Gasteiger partial charge in [-0.05, 0) is 18.2 Å². The zero-order valence-electron chi connectivity index (χ0n) is 12.5. The van der Waals surface area contributed by atoms with Crippen LogP contribution in [-0.4, -0.2) is 18.0 Å². The highest BCUT2D eigenvalue weighted by molar-refractivity contribution is 5.95. The van der Waals surface area contributed by atoms with Crippen LogP contribution >= 0.6 is 0 Å². The molecule has 1 amide bonds. The molecular weight excluding hydrogens is 323 g/mol. The van der Waals surface area contributed by atoms with E-state index in [1.807, 2.05) is 6.07 Å². The summed E-state index contributed by atoms with van der Waals surface area (Å²) >= 11 is 0. The second-order valence-electron chi connectivity index (χ2n) is 4.67. The first-order chi connectivity index (χ1) is 11.4. The number of alkyl halides is 3. The first-order valence-corrected chi connectivity index (χ1v) is 6.74. The standard InChI is InChI=1S/C16H12F3N3O2/c1-24-13-7-3-2-5-10(13)12(9-20)22-15(23)11-6-4-8-21-14(11)16(17,18)19/h2-8,12H,1H3,(H,22,23)/t12-/m1/s1. The van der Waals surface area contributed by atoms with E-state index in [9.17, 15) is 23.2 Å². The smallest absolute Gasteiger partial charge is 0.434 e. The van der Waals surface area contributed by atoms with Crippen LogP contribution in [0.25, 0.3) is 0 Å². The maximum atomic E-state index is 12.9. The number of nitriles is 1. The van der Waals surface area contributed by atoms with Crippen molar-refractivity contribution >= 4 is 5.91 Å². The predicted octanol–water partition coefficient (Wildman–Crippen LogP) is 3.10. The van der Waals surface area contributed by atoms with Crippen molar-refractivity contribution in [2.75, 3.05) is 7.11 Å². The molecule has 0 saturated carbocycles. The highest BCUT2D eigenvalue weighted by Crippen LogP contribution is 2.30. The Morgan fingerprint density at radius 3 is 2.62 bits per heavy atom. The molecule has 1 heterocycles. The van der Waals surface area contributed by atoms with Gasteiger partial charge < -0.3 is 10.1 Å². The van der Waals surface area contributed by atoms with Crippen LogP contribution in [0.1, 0.15) is 27.7 Å². The van der Waals surface area contributed by atoms with Crippen LogP contribution in [0.3, 0.4) is 0 Å². The van der Waals surface area contributed by atoms with Crippen LogP contribution in [0.5, 0.6) is 5.75 Å². The summed E-state index contributed by atoms with van der Waals surface area (Å²) in [6, 6.07) is 9.30. The van der Waals surface area contributed by atoms with Crippen LogP contribution in [0, 0.1) is 11.3 Å². The normalized spacial score (nSPS) is 12.1. The number of hydrogen-bond donors (Lipinski definition) is 1. The second-order valence-corrected chi connectivity index (χ2v) is 4.67. The number of carbonyl (C=O) groups is 1. The minimum atomic E-state index is -4.78. The number of aromatic nitrogens is 1. The number of methoxy groups -OCH3 is 1. The summed E-state index contributed by atoms with van der Waals surface area (Å²) in [5.41, 5.74) is -1.62. The molecule has 1 N–H and O–H groups in total. The maximum Gasteiger partial charge on any atom is 0.434 e. The van der Waals surface area contributed by atoms with E-state index in [1.165, 1.54) is 13.2 Å². The molecule has 0 aliphatic carbocycles. The summed E-state index contributed by atoms with van der Waals surface area (Å²) in [5.74, 6) is -0.709.